The molecule has 0 heterocycles. The van der Waals surface area contributed by atoms with Gasteiger partial charge in [0.15, 0.2) is 6.72 Å². The fourth-order valence-corrected chi connectivity index (χ4v) is 1.63. The van der Waals surface area contributed by atoms with E-state index in [1.807, 2.05) is 18.2 Å². The van der Waals surface area contributed by atoms with Gasteiger partial charge in [0, 0.05) is 4.47 Å². The minimum atomic E-state index is 0.134. The van der Waals surface area contributed by atoms with Crippen molar-refractivity contribution in [2.45, 2.75) is 0 Å². The van der Waals surface area contributed by atoms with E-state index in [2.05, 4.69) is 50.0 Å². The molecule has 17 heavy (non-hydrogen) atoms. The summed E-state index contributed by atoms with van der Waals surface area (Å²) in [5.41, 5.74) is 9.82. The minimum absolute atomic E-state index is 0.134. The second-order valence-corrected chi connectivity index (χ2v) is 3.97. The molecule has 5 nitrogen and oxygen atoms in total. The molecule has 1 aromatic rings. The minimum Gasteiger partial charge on any atom is -0.364 e. The molecule has 0 aliphatic rings. The first-order chi connectivity index (χ1) is 8.15. The molecule has 0 unspecified atom stereocenters. The van der Waals surface area contributed by atoms with E-state index in [0.29, 0.717) is 0 Å². The summed E-state index contributed by atoms with van der Waals surface area (Å²) in [6.45, 7) is 7.04. The quantitative estimate of drug-likeness (QED) is 0.416. The number of halogens is 1. The van der Waals surface area contributed by atoms with Gasteiger partial charge in [0.05, 0.1) is 6.21 Å². The first-order valence-electron chi connectivity index (χ1n) is 4.73. The van der Waals surface area contributed by atoms with Crippen LogP contribution in [0.1, 0.15) is 11.1 Å². The van der Waals surface area contributed by atoms with Gasteiger partial charge in [-0.2, -0.15) is 5.10 Å². The summed E-state index contributed by atoms with van der Waals surface area (Å²) in [6, 6.07) is 5.80. The zero-order chi connectivity index (χ0) is 12.7. The molecule has 88 valence electrons. The standard InChI is InChI=1S/C11H12BrN5/c1-3-8-4-9(6-10(12)5-8)7-15-17-11(13)16-14-2/h3-7H,1-2H2,(H3,13,16,17)/p+1. The van der Waals surface area contributed by atoms with Gasteiger partial charge in [0.1, 0.15) is 0 Å². The number of hydrazone groups is 1. The number of hydrogen-bond donors (Lipinski definition) is 3. The normalized spacial score (nSPS) is 11.5. The fraction of sp³-hybridized carbons (Fsp3) is 0. The molecule has 0 bridgehead atoms. The molecule has 1 rings (SSSR count). The maximum absolute atomic E-state index is 5.43. The maximum Gasteiger partial charge on any atom is 0.269 e. The van der Waals surface area contributed by atoms with E-state index in [9.17, 15) is 0 Å². The molecule has 0 saturated carbocycles. The number of nitrogens with two attached hydrogens (primary N) is 1. The summed E-state index contributed by atoms with van der Waals surface area (Å²) in [5.74, 6) is 0.134. The highest BCUT2D eigenvalue weighted by Crippen LogP contribution is 2.15. The summed E-state index contributed by atoms with van der Waals surface area (Å²) in [6.07, 6.45) is 3.35. The molecular weight excluding hydrogens is 282 g/mol. The molecule has 0 aliphatic heterocycles. The molecule has 6 heteroatoms. The van der Waals surface area contributed by atoms with Gasteiger partial charge in [0.25, 0.3) is 5.96 Å². The Hall–Kier alpha value is -1.95. The van der Waals surface area contributed by atoms with Crippen molar-refractivity contribution in [2.24, 2.45) is 15.9 Å². The topological polar surface area (TPSA) is 76.7 Å². The number of benzene rings is 1. The molecule has 4 N–H and O–H groups in total. The third-order valence-corrected chi connectivity index (χ3v) is 2.22. The lowest BCUT2D eigenvalue weighted by molar-refractivity contribution is -0.496. The van der Waals surface area contributed by atoms with Gasteiger partial charge in [-0.3, -0.25) is 0 Å². The van der Waals surface area contributed by atoms with Crippen molar-refractivity contribution in [1.29, 1.82) is 0 Å². The molecule has 1 aromatic carbocycles. The number of nitrogens with zero attached hydrogens (tertiary/aromatic N) is 2. The molecule has 0 aliphatic carbocycles. The van der Waals surface area contributed by atoms with Crippen LogP contribution in [0.4, 0.5) is 0 Å². The van der Waals surface area contributed by atoms with Crippen molar-refractivity contribution in [1.82, 2.24) is 5.43 Å². The highest BCUT2D eigenvalue weighted by molar-refractivity contribution is 9.10. The Morgan fingerprint density at radius 2 is 2.12 bits per heavy atom. The third-order valence-electron chi connectivity index (χ3n) is 1.77. The Morgan fingerprint density at radius 1 is 1.41 bits per heavy atom. The van der Waals surface area contributed by atoms with Crippen LogP contribution >= 0.6 is 15.9 Å². The Bertz CT molecular complexity index is 479. The molecule has 0 saturated heterocycles. The molecule has 0 spiro atoms. The van der Waals surface area contributed by atoms with Gasteiger partial charge < -0.3 is 5.73 Å². The summed E-state index contributed by atoms with van der Waals surface area (Å²) in [5, 5.41) is 9.93. The highest BCUT2D eigenvalue weighted by Gasteiger charge is 1.94. The van der Waals surface area contributed by atoms with Gasteiger partial charge in [-0.1, -0.05) is 28.6 Å². The maximum atomic E-state index is 5.43. The fourth-order valence-electron chi connectivity index (χ4n) is 1.10. The van der Waals surface area contributed by atoms with E-state index in [0.717, 1.165) is 15.6 Å². The Kier molecular flexibility index (Phi) is 5.09. The predicted molar refractivity (Wildman–Crippen MR) is 74.7 cm³/mol. The number of guanidine groups is 1. The van der Waals surface area contributed by atoms with Gasteiger partial charge >= 0.3 is 0 Å². The van der Waals surface area contributed by atoms with Crippen LogP contribution in [0, 0.1) is 0 Å². The van der Waals surface area contributed by atoms with Gasteiger partial charge in [-0.25, -0.2) is 0 Å². The van der Waals surface area contributed by atoms with Crippen LogP contribution < -0.4 is 16.3 Å². The average Bonchev–Trinajstić information content (AvgIpc) is 2.28. The van der Waals surface area contributed by atoms with Crippen molar-refractivity contribution in [2.75, 3.05) is 0 Å². The third kappa shape index (κ3) is 4.60. The monoisotopic (exact) mass is 294 g/mol. The predicted octanol–water partition coefficient (Wildman–Crippen LogP) is 0.0265. The zero-order valence-corrected chi connectivity index (χ0v) is 10.7. The second-order valence-electron chi connectivity index (χ2n) is 3.05. The summed E-state index contributed by atoms with van der Waals surface area (Å²) in [4.78, 5) is 0. The highest BCUT2D eigenvalue weighted by atomic mass is 79.9. The lowest BCUT2D eigenvalue weighted by Crippen LogP contribution is -2.80. The van der Waals surface area contributed by atoms with Gasteiger partial charge in [0.2, 0.25) is 0 Å². The van der Waals surface area contributed by atoms with Gasteiger partial charge in [-0.15, -0.1) is 15.6 Å². The van der Waals surface area contributed by atoms with Crippen molar-refractivity contribution >= 4 is 40.9 Å². The molecule has 0 aromatic heterocycles. The van der Waals surface area contributed by atoms with E-state index in [1.165, 1.54) is 0 Å². The van der Waals surface area contributed by atoms with Crippen LogP contribution in [-0.2, 0) is 0 Å². The van der Waals surface area contributed by atoms with Gasteiger partial charge in [-0.05, 0) is 29.3 Å². The summed E-state index contributed by atoms with van der Waals surface area (Å²) < 4.78 is 0.950. The second kappa shape index (κ2) is 6.59. The molecule has 0 radical (unpaired) electrons. The zero-order valence-electron chi connectivity index (χ0n) is 9.15. The van der Waals surface area contributed by atoms with Crippen LogP contribution in [0.15, 0.2) is 39.5 Å². The number of hydrazine groups is 1. The SMILES string of the molecule is C=Cc1cc(Br)cc(C=N/N=C(\N)N[NH+]=C)c1. The van der Waals surface area contributed by atoms with Crippen LogP contribution in [-0.4, -0.2) is 18.9 Å². The summed E-state index contributed by atoms with van der Waals surface area (Å²) in [7, 11) is 0. The Morgan fingerprint density at radius 3 is 2.76 bits per heavy atom. The largest absolute Gasteiger partial charge is 0.364 e. The number of rotatable bonds is 4. The van der Waals surface area contributed by atoms with Crippen molar-refractivity contribution in [3.05, 3.63) is 40.4 Å². The van der Waals surface area contributed by atoms with E-state index >= 15 is 0 Å². The lowest BCUT2D eigenvalue weighted by Gasteiger charge is -1.98. The Balaban J connectivity index is 2.84. The molecule has 0 amide bonds. The van der Waals surface area contributed by atoms with E-state index < -0.39 is 0 Å². The van der Waals surface area contributed by atoms with E-state index in [-0.39, 0.29) is 5.96 Å². The number of hydrogen-bond acceptors (Lipinski definition) is 2. The molecular formula is C11H13BrN5+. The van der Waals surface area contributed by atoms with Crippen LogP contribution in [0.3, 0.4) is 0 Å². The van der Waals surface area contributed by atoms with Crippen molar-refractivity contribution < 1.29 is 5.10 Å². The van der Waals surface area contributed by atoms with Crippen molar-refractivity contribution in [3.63, 3.8) is 0 Å². The smallest absolute Gasteiger partial charge is 0.269 e. The van der Waals surface area contributed by atoms with Crippen LogP contribution in [0.5, 0.6) is 0 Å². The molecule has 0 atom stereocenters. The van der Waals surface area contributed by atoms with Crippen LogP contribution in [0.2, 0.25) is 0 Å². The Labute approximate surface area is 108 Å². The first-order valence-corrected chi connectivity index (χ1v) is 5.52. The van der Waals surface area contributed by atoms with E-state index in [1.54, 1.807) is 12.3 Å². The lowest BCUT2D eigenvalue weighted by atomic mass is 10.1. The van der Waals surface area contributed by atoms with Crippen molar-refractivity contribution in [3.8, 4) is 0 Å². The average molecular weight is 295 g/mol. The number of nitrogens with one attached hydrogen (secondary N) is 2. The molecule has 0 fully saturated rings. The van der Waals surface area contributed by atoms with E-state index in [4.69, 9.17) is 5.73 Å². The van der Waals surface area contributed by atoms with Crippen LogP contribution in [0.25, 0.3) is 6.08 Å². The first kappa shape index (κ1) is 13.1. The summed E-state index contributed by atoms with van der Waals surface area (Å²) >= 11 is 3.40.